The van der Waals surface area contributed by atoms with E-state index < -0.39 is 0 Å². The van der Waals surface area contributed by atoms with Crippen molar-refractivity contribution >= 4 is 24.0 Å². The number of rotatable bonds is 7. The first-order chi connectivity index (χ1) is 13.6. The lowest BCUT2D eigenvalue weighted by molar-refractivity contribution is -0.117. The summed E-state index contributed by atoms with van der Waals surface area (Å²) in [6.07, 6.45) is 5.94. The molecule has 1 fully saturated rings. The molecule has 1 amide bonds. The van der Waals surface area contributed by atoms with Crippen LogP contribution in [0.15, 0.2) is 29.3 Å². The number of dihydropyridines is 1. The van der Waals surface area contributed by atoms with E-state index in [0.29, 0.717) is 30.4 Å². The molecule has 3 rings (SSSR count). The van der Waals surface area contributed by atoms with Gasteiger partial charge in [-0.3, -0.25) is 9.79 Å². The molecule has 0 spiro atoms. The number of allylic oxidation sites excluding steroid dienone is 1. The van der Waals surface area contributed by atoms with Crippen molar-refractivity contribution in [3.63, 3.8) is 0 Å². The van der Waals surface area contributed by atoms with Gasteiger partial charge in [-0.2, -0.15) is 15.0 Å². The number of nitrogens with zero attached hydrogens (tertiary/aromatic N) is 6. The second-order valence-corrected chi connectivity index (χ2v) is 6.87. The van der Waals surface area contributed by atoms with Crippen LogP contribution in [0.4, 0.5) is 11.9 Å². The summed E-state index contributed by atoms with van der Waals surface area (Å²) in [6.45, 7) is 9.82. The molecule has 1 atom stereocenters. The molecular formula is C19H28N8O. The Labute approximate surface area is 165 Å². The lowest BCUT2D eigenvalue weighted by Gasteiger charge is -2.32. The molecule has 1 aromatic rings. The lowest BCUT2D eigenvalue weighted by atomic mass is 10.1. The van der Waals surface area contributed by atoms with Crippen LogP contribution >= 0.6 is 0 Å². The summed E-state index contributed by atoms with van der Waals surface area (Å²) in [7, 11) is 2.12. The molecule has 0 saturated carbocycles. The van der Waals surface area contributed by atoms with E-state index in [4.69, 9.17) is 0 Å². The van der Waals surface area contributed by atoms with E-state index in [1.165, 1.54) is 0 Å². The minimum Gasteiger partial charge on any atom is -0.349 e. The molecule has 150 valence electrons. The molecule has 2 aliphatic heterocycles. The Hall–Kier alpha value is -2.81. The summed E-state index contributed by atoms with van der Waals surface area (Å²) in [5.74, 6) is 1.82. The molecule has 28 heavy (non-hydrogen) atoms. The van der Waals surface area contributed by atoms with E-state index in [2.05, 4.69) is 54.0 Å². The molecule has 1 aromatic heterocycles. The molecule has 1 saturated heterocycles. The van der Waals surface area contributed by atoms with Gasteiger partial charge in [0, 0.05) is 57.4 Å². The van der Waals surface area contributed by atoms with Gasteiger partial charge in [-0.05, 0) is 13.1 Å². The highest BCUT2D eigenvalue weighted by Crippen LogP contribution is 2.18. The Bertz CT molecular complexity index is 767. The number of aryl methyl sites for hydroxylation is 1. The maximum atomic E-state index is 12.2. The molecule has 9 heteroatoms. The van der Waals surface area contributed by atoms with E-state index >= 15 is 0 Å². The van der Waals surface area contributed by atoms with Gasteiger partial charge in [0.05, 0.1) is 0 Å². The first-order valence-corrected chi connectivity index (χ1v) is 9.65. The largest absolute Gasteiger partial charge is 0.349 e. The molecule has 2 aliphatic rings. The minimum atomic E-state index is -0.290. The molecule has 0 radical (unpaired) electrons. The quantitative estimate of drug-likeness (QED) is 0.665. The molecular weight excluding hydrogens is 356 g/mol. The third kappa shape index (κ3) is 5.13. The van der Waals surface area contributed by atoms with Gasteiger partial charge in [0.2, 0.25) is 17.8 Å². The van der Waals surface area contributed by atoms with Crippen molar-refractivity contribution in [3.8, 4) is 0 Å². The summed E-state index contributed by atoms with van der Waals surface area (Å²) >= 11 is 0. The van der Waals surface area contributed by atoms with Gasteiger partial charge >= 0.3 is 0 Å². The van der Waals surface area contributed by atoms with E-state index in [0.717, 1.165) is 38.4 Å². The van der Waals surface area contributed by atoms with Crippen molar-refractivity contribution in [3.05, 3.63) is 30.1 Å². The SMILES string of the molecule is C=CCNC(=O)C1=CC=NC(Nc2nc(CC)nc(N3CCN(C)CC3)n2)C1. The highest BCUT2D eigenvalue weighted by Gasteiger charge is 2.21. The highest BCUT2D eigenvalue weighted by molar-refractivity contribution is 5.98. The zero-order valence-electron chi connectivity index (χ0n) is 16.6. The fraction of sp³-hybridized carbons (Fsp3) is 0.526. The molecule has 2 N–H and O–H groups in total. The van der Waals surface area contributed by atoms with E-state index in [-0.39, 0.29) is 12.1 Å². The second-order valence-electron chi connectivity index (χ2n) is 6.87. The number of aromatic nitrogens is 3. The topological polar surface area (TPSA) is 98.6 Å². The van der Waals surface area contributed by atoms with Crippen molar-refractivity contribution in [1.29, 1.82) is 0 Å². The van der Waals surface area contributed by atoms with Gasteiger partial charge in [0.1, 0.15) is 12.0 Å². The third-order valence-corrected chi connectivity index (χ3v) is 4.72. The number of carbonyl (C=O) groups is 1. The van der Waals surface area contributed by atoms with Gasteiger partial charge < -0.3 is 20.4 Å². The van der Waals surface area contributed by atoms with Crippen molar-refractivity contribution in [2.24, 2.45) is 4.99 Å². The van der Waals surface area contributed by atoms with Crippen LogP contribution < -0.4 is 15.5 Å². The number of hydrogen-bond donors (Lipinski definition) is 2. The minimum absolute atomic E-state index is 0.110. The highest BCUT2D eigenvalue weighted by atomic mass is 16.1. The number of likely N-dealkylation sites (N-methyl/N-ethyl adjacent to an activating group) is 1. The normalized spacial score (nSPS) is 19.9. The van der Waals surface area contributed by atoms with Crippen LogP contribution in [0.3, 0.4) is 0 Å². The number of nitrogens with one attached hydrogen (secondary N) is 2. The van der Waals surface area contributed by atoms with Crippen LogP contribution in [0.5, 0.6) is 0 Å². The molecule has 0 aliphatic carbocycles. The smallest absolute Gasteiger partial charge is 0.247 e. The van der Waals surface area contributed by atoms with Gasteiger partial charge in [-0.1, -0.05) is 13.0 Å². The first-order valence-electron chi connectivity index (χ1n) is 9.65. The standard InChI is InChI=1S/C19H28N8O/c1-4-7-21-17(28)14-6-8-20-16(13-14)23-18-22-15(5-2)24-19(25-18)27-11-9-26(3)10-12-27/h4,6,8,16H,1,5,7,9-13H2,2-3H3,(H,21,28)(H,22,23,24,25). The average Bonchev–Trinajstić information content (AvgIpc) is 2.72. The van der Waals surface area contributed by atoms with Crippen molar-refractivity contribution in [2.45, 2.75) is 25.9 Å². The number of amides is 1. The predicted molar refractivity (Wildman–Crippen MR) is 111 cm³/mol. The Morgan fingerprint density at radius 1 is 1.29 bits per heavy atom. The maximum Gasteiger partial charge on any atom is 0.247 e. The Kier molecular flexibility index (Phi) is 6.70. The zero-order chi connectivity index (χ0) is 19.9. The fourth-order valence-electron chi connectivity index (χ4n) is 3.03. The van der Waals surface area contributed by atoms with E-state index in [1.54, 1.807) is 18.4 Å². The maximum absolute atomic E-state index is 12.2. The van der Waals surface area contributed by atoms with Crippen molar-refractivity contribution in [2.75, 3.05) is 50.0 Å². The Balaban J connectivity index is 1.69. The number of aliphatic imine (C=N–C) groups is 1. The Morgan fingerprint density at radius 2 is 2.07 bits per heavy atom. The summed E-state index contributed by atoms with van der Waals surface area (Å²) in [4.78, 5) is 34.8. The van der Waals surface area contributed by atoms with E-state index in [9.17, 15) is 4.79 Å². The van der Waals surface area contributed by atoms with Gasteiger partial charge in [0.25, 0.3) is 0 Å². The van der Waals surface area contributed by atoms with Crippen LogP contribution in [0.25, 0.3) is 0 Å². The van der Waals surface area contributed by atoms with Crippen LogP contribution in [-0.2, 0) is 11.2 Å². The number of hydrogen-bond acceptors (Lipinski definition) is 8. The van der Waals surface area contributed by atoms with Crippen molar-refractivity contribution < 1.29 is 4.79 Å². The summed E-state index contributed by atoms with van der Waals surface area (Å²) in [5.41, 5.74) is 0.665. The molecule has 0 bridgehead atoms. The van der Waals surface area contributed by atoms with Crippen LogP contribution in [0.1, 0.15) is 19.2 Å². The number of anilines is 2. The van der Waals surface area contributed by atoms with Gasteiger partial charge in [-0.15, -0.1) is 6.58 Å². The second kappa shape index (κ2) is 9.41. The van der Waals surface area contributed by atoms with Gasteiger partial charge in [-0.25, -0.2) is 0 Å². The average molecular weight is 384 g/mol. The summed E-state index contributed by atoms with van der Waals surface area (Å²) < 4.78 is 0. The summed E-state index contributed by atoms with van der Waals surface area (Å²) in [6, 6.07) is 0. The number of piperazine rings is 1. The molecule has 3 heterocycles. The monoisotopic (exact) mass is 384 g/mol. The zero-order valence-corrected chi connectivity index (χ0v) is 16.6. The number of carbonyl (C=O) groups excluding carboxylic acids is 1. The van der Waals surface area contributed by atoms with Crippen molar-refractivity contribution in [1.82, 2.24) is 25.2 Å². The molecule has 9 nitrogen and oxygen atoms in total. The van der Waals surface area contributed by atoms with E-state index in [1.807, 2.05) is 6.92 Å². The Morgan fingerprint density at radius 3 is 2.79 bits per heavy atom. The van der Waals surface area contributed by atoms with Crippen LogP contribution in [0.2, 0.25) is 0 Å². The van der Waals surface area contributed by atoms with Crippen LogP contribution in [-0.4, -0.2) is 77.9 Å². The first kappa shape index (κ1) is 19.9. The predicted octanol–water partition coefficient (Wildman–Crippen LogP) is 0.627. The fourth-order valence-corrected chi connectivity index (χ4v) is 3.03. The van der Waals surface area contributed by atoms with Crippen LogP contribution in [0, 0.1) is 0 Å². The van der Waals surface area contributed by atoms with Gasteiger partial charge in [0.15, 0.2) is 0 Å². The molecule has 1 unspecified atom stereocenters. The summed E-state index contributed by atoms with van der Waals surface area (Å²) in [5, 5.41) is 6.04. The molecule has 0 aromatic carbocycles. The third-order valence-electron chi connectivity index (χ3n) is 4.72. The lowest BCUT2D eigenvalue weighted by Crippen LogP contribution is -2.45.